The van der Waals surface area contributed by atoms with Gasteiger partial charge in [0, 0.05) is 41.7 Å². The summed E-state index contributed by atoms with van der Waals surface area (Å²) in [5, 5.41) is 1.23. The Morgan fingerprint density at radius 1 is 1.25 bits per heavy atom. The van der Waals surface area contributed by atoms with Crippen LogP contribution in [0.15, 0.2) is 30.5 Å². The lowest BCUT2D eigenvalue weighted by molar-refractivity contribution is 0.0962. The van der Waals surface area contributed by atoms with E-state index in [4.69, 9.17) is 28.2 Å². The van der Waals surface area contributed by atoms with Gasteiger partial charge in [0.2, 0.25) is 0 Å². The number of fused-ring (bicyclic) bond motifs is 1. The van der Waals surface area contributed by atoms with Crippen LogP contribution >= 0.6 is 23.2 Å². The van der Waals surface area contributed by atoms with Crippen LogP contribution < -0.4 is 0 Å². The SMILES string of the molecule is CCCC[C@H](C)CC(=O)c1cnc2c(c1)nc(Cc1c(Cl)cccc1Cl)n2C. The first kappa shape index (κ1) is 20.8. The summed E-state index contributed by atoms with van der Waals surface area (Å²) in [6, 6.07) is 7.30. The first-order chi connectivity index (χ1) is 13.4. The molecule has 0 aliphatic rings. The predicted molar refractivity (Wildman–Crippen MR) is 115 cm³/mol. The monoisotopic (exact) mass is 417 g/mol. The number of carbonyl (C=O) groups is 1. The van der Waals surface area contributed by atoms with Crippen LogP contribution in [-0.2, 0) is 13.5 Å². The van der Waals surface area contributed by atoms with Crippen LogP contribution in [0, 0.1) is 5.92 Å². The zero-order valence-electron chi connectivity index (χ0n) is 16.5. The molecule has 0 aliphatic carbocycles. The highest BCUT2D eigenvalue weighted by molar-refractivity contribution is 6.36. The van der Waals surface area contributed by atoms with Crippen molar-refractivity contribution in [2.24, 2.45) is 13.0 Å². The van der Waals surface area contributed by atoms with Gasteiger partial charge in [-0.05, 0) is 29.7 Å². The molecule has 6 heteroatoms. The number of carbonyl (C=O) groups excluding carboxylic acids is 1. The van der Waals surface area contributed by atoms with Gasteiger partial charge in [0.15, 0.2) is 11.4 Å². The Morgan fingerprint density at radius 2 is 1.96 bits per heavy atom. The molecule has 28 heavy (non-hydrogen) atoms. The number of Topliss-reactive ketones (excluding diaryl/α,β-unsaturated/α-hetero) is 1. The molecular formula is C22H25Cl2N3O. The van der Waals surface area contributed by atoms with Crippen molar-refractivity contribution in [3.63, 3.8) is 0 Å². The number of halogens is 2. The van der Waals surface area contributed by atoms with Crippen LogP contribution in [0.25, 0.3) is 11.2 Å². The Morgan fingerprint density at radius 3 is 2.64 bits per heavy atom. The minimum atomic E-state index is 0.124. The number of hydrogen-bond acceptors (Lipinski definition) is 3. The van der Waals surface area contributed by atoms with Crippen molar-refractivity contribution >= 4 is 40.1 Å². The normalized spacial score (nSPS) is 12.5. The Kier molecular flexibility index (Phi) is 6.73. The molecule has 0 saturated heterocycles. The maximum atomic E-state index is 12.6. The van der Waals surface area contributed by atoms with E-state index < -0.39 is 0 Å². The maximum Gasteiger partial charge on any atom is 0.164 e. The lowest BCUT2D eigenvalue weighted by atomic mass is 9.96. The number of imidazole rings is 1. The van der Waals surface area contributed by atoms with Crippen molar-refractivity contribution in [1.82, 2.24) is 14.5 Å². The molecule has 0 fully saturated rings. The van der Waals surface area contributed by atoms with Gasteiger partial charge in [0.1, 0.15) is 11.3 Å². The number of rotatable bonds is 8. The smallest absolute Gasteiger partial charge is 0.164 e. The molecule has 2 heterocycles. The van der Waals surface area contributed by atoms with E-state index in [-0.39, 0.29) is 5.78 Å². The topological polar surface area (TPSA) is 47.8 Å². The van der Waals surface area contributed by atoms with Gasteiger partial charge in [-0.15, -0.1) is 0 Å². The highest BCUT2D eigenvalue weighted by Gasteiger charge is 2.17. The van der Waals surface area contributed by atoms with E-state index in [2.05, 4.69) is 18.8 Å². The van der Waals surface area contributed by atoms with Crippen LogP contribution in [0.4, 0.5) is 0 Å². The summed E-state index contributed by atoms with van der Waals surface area (Å²) in [5.41, 5.74) is 2.92. The third-order valence-corrected chi connectivity index (χ3v) is 5.81. The summed E-state index contributed by atoms with van der Waals surface area (Å²) in [6.07, 6.45) is 6.08. The number of nitrogens with zero attached hydrogens (tertiary/aromatic N) is 3. The van der Waals surface area contributed by atoms with Gasteiger partial charge < -0.3 is 4.57 Å². The molecule has 1 aromatic carbocycles. The van der Waals surface area contributed by atoms with Gasteiger partial charge in [-0.25, -0.2) is 9.97 Å². The van der Waals surface area contributed by atoms with E-state index in [9.17, 15) is 4.79 Å². The van der Waals surface area contributed by atoms with Crippen molar-refractivity contribution in [2.45, 2.75) is 46.0 Å². The van der Waals surface area contributed by atoms with E-state index in [0.29, 0.717) is 39.9 Å². The van der Waals surface area contributed by atoms with E-state index >= 15 is 0 Å². The molecule has 0 N–H and O–H groups in total. The molecule has 3 aromatic rings. The average Bonchev–Trinajstić information content (AvgIpc) is 2.98. The fraction of sp³-hybridized carbons (Fsp3) is 0.409. The number of hydrogen-bond donors (Lipinski definition) is 0. The zero-order chi connectivity index (χ0) is 20.3. The molecule has 0 saturated carbocycles. The number of ketones is 1. The highest BCUT2D eigenvalue weighted by Crippen LogP contribution is 2.27. The van der Waals surface area contributed by atoms with E-state index in [1.165, 1.54) is 0 Å². The minimum absolute atomic E-state index is 0.124. The minimum Gasteiger partial charge on any atom is -0.316 e. The van der Waals surface area contributed by atoms with Gasteiger partial charge in [-0.2, -0.15) is 0 Å². The molecular weight excluding hydrogens is 393 g/mol. The third-order valence-electron chi connectivity index (χ3n) is 5.10. The first-order valence-corrected chi connectivity index (χ1v) is 10.4. The molecule has 0 amide bonds. The second-order valence-corrected chi connectivity index (χ2v) is 8.22. The molecule has 0 aliphatic heterocycles. The maximum absolute atomic E-state index is 12.6. The van der Waals surface area contributed by atoms with Crippen LogP contribution in [0.5, 0.6) is 0 Å². The van der Waals surface area contributed by atoms with Crippen molar-refractivity contribution in [3.8, 4) is 0 Å². The average molecular weight is 418 g/mol. The van der Waals surface area contributed by atoms with Crippen LogP contribution in [-0.4, -0.2) is 20.3 Å². The van der Waals surface area contributed by atoms with E-state index in [0.717, 1.165) is 36.3 Å². The Balaban J connectivity index is 1.84. The lowest BCUT2D eigenvalue weighted by Crippen LogP contribution is -2.07. The molecule has 0 bridgehead atoms. The number of aryl methyl sites for hydroxylation is 1. The first-order valence-electron chi connectivity index (χ1n) is 9.68. The largest absolute Gasteiger partial charge is 0.316 e. The van der Waals surface area contributed by atoms with Gasteiger partial charge in [-0.3, -0.25) is 4.79 Å². The van der Waals surface area contributed by atoms with Gasteiger partial charge in [-0.1, -0.05) is 62.4 Å². The Labute approximate surface area is 175 Å². The summed E-state index contributed by atoms with van der Waals surface area (Å²) in [7, 11) is 1.91. The zero-order valence-corrected chi connectivity index (χ0v) is 18.0. The van der Waals surface area contributed by atoms with Crippen molar-refractivity contribution in [2.75, 3.05) is 0 Å². The summed E-state index contributed by atoms with van der Waals surface area (Å²) >= 11 is 12.6. The molecule has 2 aromatic heterocycles. The second kappa shape index (κ2) is 9.06. The summed E-state index contributed by atoms with van der Waals surface area (Å²) in [6.45, 7) is 4.30. The summed E-state index contributed by atoms with van der Waals surface area (Å²) < 4.78 is 1.92. The highest BCUT2D eigenvalue weighted by atomic mass is 35.5. The molecule has 148 valence electrons. The molecule has 3 rings (SSSR count). The Bertz CT molecular complexity index is 977. The second-order valence-electron chi connectivity index (χ2n) is 7.41. The van der Waals surface area contributed by atoms with Crippen LogP contribution in [0.3, 0.4) is 0 Å². The fourth-order valence-corrected chi connectivity index (χ4v) is 3.91. The van der Waals surface area contributed by atoms with Crippen LogP contribution in [0.2, 0.25) is 10.0 Å². The number of aromatic nitrogens is 3. The number of benzene rings is 1. The predicted octanol–water partition coefficient (Wildman–Crippen LogP) is 6.27. The molecule has 0 unspecified atom stereocenters. The fourth-order valence-electron chi connectivity index (χ4n) is 3.38. The third kappa shape index (κ3) is 4.56. The standard InChI is InChI=1S/C22H25Cl2N3O/c1-4-5-7-14(2)10-20(28)15-11-19-22(25-13-15)27(3)21(26-19)12-16-17(23)8-6-9-18(16)24/h6,8-9,11,13-14H,4-5,7,10,12H2,1-3H3/t14-/m0/s1. The lowest BCUT2D eigenvalue weighted by Gasteiger charge is -2.09. The molecule has 0 spiro atoms. The van der Waals surface area contributed by atoms with E-state index in [1.807, 2.05) is 35.9 Å². The Hall–Kier alpha value is -1.91. The molecule has 1 atom stereocenters. The summed E-state index contributed by atoms with van der Waals surface area (Å²) in [5.74, 6) is 1.31. The van der Waals surface area contributed by atoms with Gasteiger partial charge >= 0.3 is 0 Å². The van der Waals surface area contributed by atoms with Crippen molar-refractivity contribution in [1.29, 1.82) is 0 Å². The summed E-state index contributed by atoms with van der Waals surface area (Å²) in [4.78, 5) is 21.8. The number of unbranched alkanes of at least 4 members (excludes halogenated alkanes) is 1. The quantitative estimate of drug-likeness (QED) is 0.406. The molecule has 0 radical (unpaired) electrons. The van der Waals surface area contributed by atoms with Gasteiger partial charge in [0.05, 0.1) is 0 Å². The van der Waals surface area contributed by atoms with Gasteiger partial charge in [0.25, 0.3) is 0 Å². The number of pyridine rings is 1. The van der Waals surface area contributed by atoms with Crippen LogP contribution in [0.1, 0.15) is 61.3 Å². The van der Waals surface area contributed by atoms with Crippen molar-refractivity contribution < 1.29 is 4.79 Å². The van der Waals surface area contributed by atoms with E-state index in [1.54, 1.807) is 6.20 Å². The molecule has 4 nitrogen and oxygen atoms in total. The van der Waals surface area contributed by atoms with Crippen molar-refractivity contribution in [3.05, 3.63) is 57.5 Å².